The first-order valence-electron chi connectivity index (χ1n) is 10.1. The van der Waals surface area contributed by atoms with Crippen LogP contribution in [-0.4, -0.2) is 58.1 Å². The summed E-state index contributed by atoms with van der Waals surface area (Å²) in [7, 11) is 0. The third-order valence-electron chi connectivity index (χ3n) is 7.01. The maximum atomic E-state index is 13.3. The van der Waals surface area contributed by atoms with Crippen LogP contribution in [0.4, 0.5) is 14.6 Å². The molecule has 0 aromatic carbocycles. The fourth-order valence-corrected chi connectivity index (χ4v) is 5.26. The Kier molecular flexibility index (Phi) is 4.10. The van der Waals surface area contributed by atoms with Crippen LogP contribution < -0.4 is 10.2 Å². The molecule has 7 nitrogen and oxygen atoms in total. The molecule has 2 aromatic heterocycles. The average Bonchev–Trinajstić information content (AvgIpc) is 3.26. The van der Waals surface area contributed by atoms with Gasteiger partial charge in [-0.2, -0.15) is 0 Å². The van der Waals surface area contributed by atoms with Crippen molar-refractivity contribution < 1.29 is 18.7 Å². The number of nitrogens with one attached hydrogen (secondary N) is 2. The monoisotopic (exact) mass is 405 g/mol. The normalized spacial score (nSPS) is 26.3. The maximum Gasteiger partial charge on any atom is 0.249 e. The summed E-state index contributed by atoms with van der Waals surface area (Å²) in [6.07, 6.45) is 5.33. The number of aromatic amines is 1. The number of halogens is 2. The van der Waals surface area contributed by atoms with Crippen molar-refractivity contribution in [3.63, 3.8) is 0 Å². The lowest BCUT2D eigenvalue weighted by Crippen LogP contribution is -2.56. The average molecular weight is 405 g/mol. The Bertz CT molecular complexity index is 934. The minimum absolute atomic E-state index is 0.0697. The number of fused-ring (bicyclic) bond motifs is 1. The number of rotatable bonds is 5. The highest BCUT2D eigenvalue weighted by Crippen LogP contribution is 2.56. The molecule has 5 rings (SSSR count). The van der Waals surface area contributed by atoms with Gasteiger partial charge in [0.25, 0.3) is 0 Å². The number of anilines is 1. The van der Waals surface area contributed by atoms with E-state index in [9.17, 15) is 18.7 Å². The minimum Gasteiger partial charge on any atom is -0.396 e. The van der Waals surface area contributed by atoms with Gasteiger partial charge in [-0.3, -0.25) is 4.79 Å². The first kappa shape index (κ1) is 18.7. The SMILES string of the molecule is O=C(NCC1(CO)CC(F)(F)C1)[C@H]1CCN(c2ncnc3[nH]ccc23)CC12CC2. The molecule has 2 saturated carbocycles. The van der Waals surface area contributed by atoms with Crippen molar-refractivity contribution in [1.29, 1.82) is 0 Å². The van der Waals surface area contributed by atoms with E-state index in [2.05, 4.69) is 25.2 Å². The smallest absolute Gasteiger partial charge is 0.249 e. The third-order valence-corrected chi connectivity index (χ3v) is 7.01. The lowest BCUT2D eigenvalue weighted by molar-refractivity contribution is -0.175. The molecular weight excluding hydrogens is 380 g/mol. The molecule has 1 aliphatic heterocycles. The van der Waals surface area contributed by atoms with Crippen molar-refractivity contribution in [2.24, 2.45) is 16.7 Å². The van der Waals surface area contributed by atoms with Crippen LogP contribution in [0.2, 0.25) is 0 Å². The van der Waals surface area contributed by atoms with Gasteiger partial charge in [-0.25, -0.2) is 18.7 Å². The van der Waals surface area contributed by atoms with Gasteiger partial charge < -0.3 is 20.3 Å². The molecule has 9 heteroatoms. The molecule has 1 spiro atoms. The van der Waals surface area contributed by atoms with Gasteiger partial charge in [0.2, 0.25) is 11.8 Å². The fourth-order valence-electron chi connectivity index (χ4n) is 5.26. The molecule has 0 unspecified atom stereocenters. The number of carbonyl (C=O) groups is 1. The predicted molar refractivity (Wildman–Crippen MR) is 103 cm³/mol. The van der Waals surface area contributed by atoms with Crippen molar-refractivity contribution in [2.45, 2.75) is 38.0 Å². The standard InChI is InChI=1S/C20H25F2N5O2/c21-20(22)7-18(8-20,11-28)9-24-17(29)14-2-6-27(10-19(14)3-4-19)16-13-1-5-23-15(13)25-12-26-16/h1,5,12,14,28H,2-4,6-11H2,(H,24,29)(H,23,25,26)/t14-/m1/s1. The number of alkyl halides is 2. The summed E-state index contributed by atoms with van der Waals surface area (Å²) in [5.41, 5.74) is -0.158. The molecule has 0 radical (unpaired) electrons. The summed E-state index contributed by atoms with van der Waals surface area (Å²) >= 11 is 0. The van der Waals surface area contributed by atoms with Gasteiger partial charge in [0.1, 0.15) is 17.8 Å². The lowest BCUT2D eigenvalue weighted by atomic mass is 9.66. The van der Waals surface area contributed by atoms with E-state index in [1.165, 1.54) is 0 Å². The summed E-state index contributed by atoms with van der Waals surface area (Å²) < 4.78 is 26.6. The first-order valence-corrected chi connectivity index (χ1v) is 10.1. The van der Waals surface area contributed by atoms with Crippen molar-refractivity contribution in [3.05, 3.63) is 18.6 Å². The predicted octanol–water partition coefficient (Wildman–Crippen LogP) is 2.09. The second kappa shape index (κ2) is 6.35. The van der Waals surface area contributed by atoms with Crippen LogP contribution >= 0.6 is 0 Å². The van der Waals surface area contributed by atoms with Crippen molar-refractivity contribution in [2.75, 3.05) is 31.1 Å². The molecule has 3 heterocycles. The van der Waals surface area contributed by atoms with Gasteiger partial charge in [-0.15, -0.1) is 0 Å². The highest BCUT2D eigenvalue weighted by Gasteiger charge is 2.58. The van der Waals surface area contributed by atoms with E-state index in [1.807, 2.05) is 12.3 Å². The Balaban J connectivity index is 1.26. The Morgan fingerprint density at radius 1 is 1.34 bits per heavy atom. The zero-order chi connectivity index (χ0) is 20.3. The molecule has 2 aliphatic carbocycles. The van der Waals surface area contributed by atoms with Gasteiger partial charge in [0.05, 0.1) is 12.0 Å². The highest BCUT2D eigenvalue weighted by atomic mass is 19.3. The molecule has 1 amide bonds. The van der Waals surface area contributed by atoms with E-state index in [4.69, 9.17) is 0 Å². The molecule has 156 valence electrons. The molecule has 1 saturated heterocycles. The van der Waals surface area contributed by atoms with Crippen molar-refractivity contribution >= 4 is 22.8 Å². The van der Waals surface area contributed by atoms with Crippen LogP contribution in [0.1, 0.15) is 32.1 Å². The maximum absolute atomic E-state index is 13.3. The Morgan fingerprint density at radius 2 is 2.14 bits per heavy atom. The minimum atomic E-state index is -2.72. The Morgan fingerprint density at radius 3 is 2.83 bits per heavy atom. The van der Waals surface area contributed by atoms with Crippen LogP contribution in [0.3, 0.4) is 0 Å². The van der Waals surface area contributed by atoms with E-state index in [0.717, 1.165) is 36.2 Å². The molecule has 0 bridgehead atoms. The number of amides is 1. The molecule has 1 atom stereocenters. The fraction of sp³-hybridized carbons (Fsp3) is 0.650. The number of piperidine rings is 1. The number of nitrogens with zero attached hydrogens (tertiary/aromatic N) is 3. The quantitative estimate of drug-likeness (QED) is 0.708. The van der Waals surface area contributed by atoms with Crippen molar-refractivity contribution in [3.8, 4) is 0 Å². The number of hydrogen-bond donors (Lipinski definition) is 3. The van der Waals surface area contributed by atoms with Gasteiger partial charge in [-0.1, -0.05) is 0 Å². The van der Waals surface area contributed by atoms with Crippen LogP contribution in [-0.2, 0) is 4.79 Å². The second-order valence-corrected chi connectivity index (χ2v) is 9.15. The number of aliphatic hydroxyl groups excluding tert-OH is 1. The molecule has 3 fully saturated rings. The van der Waals surface area contributed by atoms with Crippen LogP contribution in [0.15, 0.2) is 18.6 Å². The second-order valence-electron chi connectivity index (χ2n) is 9.15. The van der Waals surface area contributed by atoms with E-state index in [-0.39, 0.29) is 43.2 Å². The van der Waals surface area contributed by atoms with Gasteiger partial charge >= 0.3 is 0 Å². The van der Waals surface area contributed by atoms with Crippen molar-refractivity contribution in [1.82, 2.24) is 20.3 Å². The summed E-state index contributed by atoms with van der Waals surface area (Å²) in [5, 5.41) is 13.4. The largest absolute Gasteiger partial charge is 0.396 e. The summed E-state index contributed by atoms with van der Waals surface area (Å²) in [4.78, 5) is 26.9. The summed E-state index contributed by atoms with van der Waals surface area (Å²) in [5.74, 6) is -2.03. The zero-order valence-electron chi connectivity index (χ0n) is 16.1. The number of aromatic nitrogens is 3. The van der Waals surface area contributed by atoms with Gasteiger partial charge in [-0.05, 0) is 30.7 Å². The van der Waals surface area contributed by atoms with Crippen LogP contribution in [0.5, 0.6) is 0 Å². The molecular formula is C20H25F2N5O2. The summed E-state index contributed by atoms with van der Waals surface area (Å²) in [6, 6.07) is 1.96. The number of carbonyl (C=O) groups excluding carboxylic acids is 1. The molecule has 2 aromatic rings. The number of aliphatic hydroxyl groups is 1. The number of H-pyrrole nitrogens is 1. The first-order chi connectivity index (χ1) is 13.9. The highest BCUT2D eigenvalue weighted by molar-refractivity contribution is 5.87. The number of hydrogen-bond acceptors (Lipinski definition) is 5. The van der Waals surface area contributed by atoms with Crippen LogP contribution in [0, 0.1) is 16.7 Å². The van der Waals surface area contributed by atoms with Gasteiger partial charge in [0.15, 0.2) is 0 Å². The zero-order valence-corrected chi connectivity index (χ0v) is 16.1. The topological polar surface area (TPSA) is 94.1 Å². The molecule has 3 aliphatic rings. The Labute approximate surface area is 166 Å². The Hall–Kier alpha value is -2.29. The summed E-state index contributed by atoms with van der Waals surface area (Å²) in [6.45, 7) is 1.25. The van der Waals surface area contributed by atoms with E-state index < -0.39 is 11.3 Å². The van der Waals surface area contributed by atoms with Crippen LogP contribution in [0.25, 0.3) is 11.0 Å². The molecule has 3 N–H and O–H groups in total. The van der Waals surface area contributed by atoms with E-state index in [0.29, 0.717) is 13.0 Å². The third kappa shape index (κ3) is 3.15. The van der Waals surface area contributed by atoms with E-state index in [1.54, 1.807) is 6.33 Å². The lowest BCUT2D eigenvalue weighted by Gasteiger charge is -2.46. The van der Waals surface area contributed by atoms with E-state index >= 15 is 0 Å². The molecule has 29 heavy (non-hydrogen) atoms. The van der Waals surface area contributed by atoms with Gasteiger partial charge in [0, 0.05) is 50.0 Å².